The van der Waals surface area contributed by atoms with E-state index in [2.05, 4.69) is 24.0 Å². The summed E-state index contributed by atoms with van der Waals surface area (Å²) >= 11 is 5.95. The lowest BCUT2D eigenvalue weighted by atomic mass is 9.79. The van der Waals surface area contributed by atoms with Crippen LogP contribution >= 0.6 is 11.6 Å². The molecule has 1 aliphatic rings. The molecule has 0 nitrogen and oxygen atoms in total. The molecule has 0 bridgehead atoms. The largest absolute Gasteiger partial charge is 0.206 e. The van der Waals surface area contributed by atoms with Gasteiger partial charge in [-0.3, -0.25) is 0 Å². The van der Waals surface area contributed by atoms with Crippen molar-refractivity contribution >= 4 is 11.6 Å². The lowest BCUT2D eigenvalue weighted by Crippen LogP contribution is -2.12. The van der Waals surface area contributed by atoms with E-state index in [0.717, 1.165) is 37.1 Å². The van der Waals surface area contributed by atoms with Crippen LogP contribution in [0.2, 0.25) is 5.02 Å². The van der Waals surface area contributed by atoms with Crippen molar-refractivity contribution < 1.29 is 8.78 Å². The van der Waals surface area contributed by atoms with E-state index in [1.54, 1.807) is 0 Å². The van der Waals surface area contributed by atoms with Crippen LogP contribution in [-0.2, 0) is 6.42 Å². The molecule has 0 atom stereocenters. The smallest absolute Gasteiger partial charge is 0.142 e. The fraction of sp³-hybridized carbons (Fsp3) is 0.391. The maximum atomic E-state index is 14.2. The van der Waals surface area contributed by atoms with Gasteiger partial charge in [0.25, 0.3) is 0 Å². The molecule has 1 aliphatic carbocycles. The second kappa shape index (κ2) is 8.69. The number of halogens is 3. The molecule has 3 rings (SSSR count). The highest BCUT2D eigenvalue weighted by molar-refractivity contribution is 6.30. The monoisotopic (exact) mass is 372 g/mol. The van der Waals surface area contributed by atoms with Crippen molar-refractivity contribution in [2.24, 2.45) is 5.92 Å². The molecule has 2 aromatic carbocycles. The zero-order valence-electron chi connectivity index (χ0n) is 15.0. The van der Waals surface area contributed by atoms with Crippen molar-refractivity contribution in [1.82, 2.24) is 0 Å². The average molecular weight is 373 g/mol. The highest BCUT2D eigenvalue weighted by atomic mass is 35.5. The predicted molar refractivity (Wildman–Crippen MR) is 103 cm³/mol. The van der Waals surface area contributed by atoms with Gasteiger partial charge in [0.15, 0.2) is 0 Å². The third-order valence-corrected chi connectivity index (χ3v) is 5.36. The molecule has 0 saturated heterocycles. The Morgan fingerprint density at radius 1 is 1.00 bits per heavy atom. The zero-order chi connectivity index (χ0) is 18.5. The Balaban J connectivity index is 1.64. The third-order valence-electron chi connectivity index (χ3n) is 5.11. The highest BCUT2D eigenvalue weighted by Crippen LogP contribution is 2.35. The van der Waals surface area contributed by atoms with Gasteiger partial charge in [0.05, 0.1) is 5.56 Å². The van der Waals surface area contributed by atoms with Crippen LogP contribution in [0, 0.1) is 29.4 Å². The van der Waals surface area contributed by atoms with Crippen LogP contribution in [0.15, 0.2) is 36.4 Å². The van der Waals surface area contributed by atoms with E-state index < -0.39 is 11.6 Å². The SMILES string of the molecule is CCCc1cc(F)c(C#C[C@H]2CC[C@H](c3ccc(Cl)cc3)CC2)c(F)c1. The fourth-order valence-electron chi connectivity index (χ4n) is 3.66. The van der Waals surface area contributed by atoms with Gasteiger partial charge in [-0.25, -0.2) is 8.78 Å². The van der Waals surface area contributed by atoms with E-state index >= 15 is 0 Å². The van der Waals surface area contributed by atoms with Crippen molar-refractivity contribution in [3.63, 3.8) is 0 Å². The summed E-state index contributed by atoms with van der Waals surface area (Å²) in [4.78, 5) is 0. The molecule has 3 heteroatoms. The molecule has 0 aromatic heterocycles. The first-order valence-electron chi connectivity index (χ1n) is 9.31. The second-order valence-electron chi connectivity index (χ2n) is 7.05. The van der Waals surface area contributed by atoms with Crippen molar-refractivity contribution in [3.8, 4) is 11.8 Å². The summed E-state index contributed by atoms with van der Waals surface area (Å²) in [5.41, 5.74) is 1.91. The standard InChI is InChI=1S/C23H23ClF2/c1-2-3-17-14-22(25)21(23(26)15-17)13-6-16-4-7-18(8-5-16)19-9-11-20(24)12-10-19/h9-12,14-16,18H,2-5,7-8H2,1H3/t16-,18-. The van der Waals surface area contributed by atoms with Gasteiger partial charge >= 0.3 is 0 Å². The zero-order valence-corrected chi connectivity index (χ0v) is 15.8. The summed E-state index contributed by atoms with van der Waals surface area (Å²) in [5.74, 6) is 5.50. The van der Waals surface area contributed by atoms with Gasteiger partial charge in [0.2, 0.25) is 0 Å². The Morgan fingerprint density at radius 2 is 1.62 bits per heavy atom. The van der Waals surface area contributed by atoms with Crippen LogP contribution in [0.1, 0.15) is 61.6 Å². The molecule has 26 heavy (non-hydrogen) atoms. The van der Waals surface area contributed by atoms with Crippen LogP contribution in [0.4, 0.5) is 8.78 Å². The van der Waals surface area contributed by atoms with Crippen molar-refractivity contribution in [2.45, 2.75) is 51.4 Å². The van der Waals surface area contributed by atoms with Gasteiger partial charge in [0.1, 0.15) is 11.6 Å². The molecule has 0 unspecified atom stereocenters. The van der Waals surface area contributed by atoms with Crippen LogP contribution in [-0.4, -0.2) is 0 Å². The maximum absolute atomic E-state index is 14.2. The fourth-order valence-corrected chi connectivity index (χ4v) is 3.78. The molecule has 0 N–H and O–H groups in total. The van der Waals surface area contributed by atoms with Gasteiger partial charge in [-0.05, 0) is 73.4 Å². The molecule has 136 valence electrons. The van der Waals surface area contributed by atoms with Gasteiger partial charge in [-0.1, -0.05) is 48.9 Å². The van der Waals surface area contributed by atoms with E-state index in [1.807, 2.05) is 19.1 Å². The van der Waals surface area contributed by atoms with Crippen molar-refractivity contribution in [2.75, 3.05) is 0 Å². The Kier molecular flexibility index (Phi) is 6.33. The predicted octanol–water partition coefficient (Wildman–Crippen LogP) is 6.90. The van der Waals surface area contributed by atoms with Crippen LogP contribution in [0.3, 0.4) is 0 Å². The average Bonchev–Trinajstić information content (AvgIpc) is 2.62. The number of hydrogen-bond acceptors (Lipinski definition) is 0. The molecule has 0 amide bonds. The van der Waals surface area contributed by atoms with Crippen LogP contribution < -0.4 is 0 Å². The highest BCUT2D eigenvalue weighted by Gasteiger charge is 2.21. The first kappa shape index (κ1) is 18.9. The molecule has 0 spiro atoms. The number of benzene rings is 2. The minimum atomic E-state index is -0.546. The molecule has 1 fully saturated rings. The molecule has 1 saturated carbocycles. The van der Waals surface area contributed by atoms with Gasteiger partial charge < -0.3 is 0 Å². The van der Waals surface area contributed by atoms with E-state index in [1.165, 1.54) is 17.7 Å². The van der Waals surface area contributed by atoms with Crippen LogP contribution in [0.25, 0.3) is 0 Å². The summed E-state index contributed by atoms with van der Waals surface area (Å²) in [6, 6.07) is 10.8. The third kappa shape index (κ3) is 4.65. The van der Waals surface area contributed by atoms with Gasteiger partial charge in [0, 0.05) is 10.9 Å². The van der Waals surface area contributed by atoms with Crippen molar-refractivity contribution in [1.29, 1.82) is 0 Å². The number of hydrogen-bond donors (Lipinski definition) is 0. The minimum Gasteiger partial charge on any atom is -0.206 e. The first-order valence-corrected chi connectivity index (χ1v) is 9.69. The van der Waals surface area contributed by atoms with Crippen LogP contribution in [0.5, 0.6) is 0 Å². The summed E-state index contributed by atoms with van der Waals surface area (Å²) in [6.45, 7) is 1.99. The van der Waals surface area contributed by atoms with Gasteiger partial charge in [-0.2, -0.15) is 0 Å². The number of rotatable bonds is 3. The van der Waals surface area contributed by atoms with E-state index in [4.69, 9.17) is 11.6 Å². The summed E-state index contributed by atoms with van der Waals surface area (Å²) < 4.78 is 28.3. The molecule has 2 aromatic rings. The minimum absolute atomic E-state index is 0.0929. The topological polar surface area (TPSA) is 0 Å². The first-order chi connectivity index (χ1) is 12.6. The van der Waals surface area contributed by atoms with E-state index in [-0.39, 0.29) is 11.5 Å². The quantitative estimate of drug-likeness (QED) is 0.514. The summed E-state index contributed by atoms with van der Waals surface area (Å²) in [5, 5.41) is 0.752. The molecular formula is C23H23ClF2. The molecule has 0 radical (unpaired) electrons. The van der Waals surface area contributed by atoms with E-state index in [0.29, 0.717) is 17.9 Å². The lowest BCUT2D eigenvalue weighted by Gasteiger charge is -2.26. The summed E-state index contributed by atoms with van der Waals surface area (Å²) in [6.07, 6.45) is 5.54. The Morgan fingerprint density at radius 3 is 2.19 bits per heavy atom. The molecule has 0 heterocycles. The normalized spacial score (nSPS) is 19.7. The maximum Gasteiger partial charge on any atom is 0.142 e. The van der Waals surface area contributed by atoms with Crippen molar-refractivity contribution in [3.05, 3.63) is 69.7 Å². The second-order valence-corrected chi connectivity index (χ2v) is 7.49. The van der Waals surface area contributed by atoms with E-state index in [9.17, 15) is 8.78 Å². The number of aryl methyl sites for hydroxylation is 1. The Labute approximate surface area is 159 Å². The molecular weight excluding hydrogens is 350 g/mol. The Bertz CT molecular complexity index is 783. The summed E-state index contributed by atoms with van der Waals surface area (Å²) in [7, 11) is 0. The van der Waals surface area contributed by atoms with Gasteiger partial charge in [-0.15, -0.1) is 0 Å². The lowest BCUT2D eigenvalue weighted by molar-refractivity contribution is 0.384. The molecule has 0 aliphatic heterocycles. The Hall–Kier alpha value is -1.85.